The second kappa shape index (κ2) is 7.48. The van der Waals surface area contributed by atoms with Gasteiger partial charge in [-0.25, -0.2) is 9.97 Å². The molecule has 1 aliphatic carbocycles. The first kappa shape index (κ1) is 17.7. The number of thiazole rings is 1. The fourth-order valence-electron chi connectivity index (χ4n) is 3.76. The molecular formula is C19H27N5OS. The van der Waals surface area contributed by atoms with E-state index >= 15 is 0 Å². The molecule has 2 aromatic heterocycles. The number of rotatable bonds is 6. The van der Waals surface area contributed by atoms with Crippen LogP contribution in [0.4, 0.5) is 0 Å². The molecule has 0 saturated heterocycles. The molecule has 1 atom stereocenters. The highest BCUT2D eigenvalue weighted by molar-refractivity contribution is 7.09. The molecule has 0 spiro atoms. The molecule has 4 rings (SSSR count). The van der Waals surface area contributed by atoms with Crippen molar-refractivity contribution in [3.05, 3.63) is 33.8 Å². The molecule has 1 fully saturated rings. The molecule has 26 heavy (non-hydrogen) atoms. The summed E-state index contributed by atoms with van der Waals surface area (Å²) < 4.78 is 2.21. The van der Waals surface area contributed by atoms with Crippen molar-refractivity contribution in [3.8, 4) is 0 Å². The summed E-state index contributed by atoms with van der Waals surface area (Å²) in [5.74, 6) is 1.84. The molecule has 7 heteroatoms. The van der Waals surface area contributed by atoms with Gasteiger partial charge in [0.05, 0.1) is 28.9 Å². The van der Waals surface area contributed by atoms with Gasteiger partial charge in [0, 0.05) is 37.8 Å². The molecule has 140 valence electrons. The van der Waals surface area contributed by atoms with Gasteiger partial charge in [-0.2, -0.15) is 0 Å². The Morgan fingerprint density at radius 3 is 2.85 bits per heavy atom. The Labute approximate surface area is 158 Å². The van der Waals surface area contributed by atoms with Gasteiger partial charge < -0.3 is 9.88 Å². The van der Waals surface area contributed by atoms with Crippen LogP contribution in [0, 0.1) is 12.8 Å². The minimum absolute atomic E-state index is 0.0924. The van der Waals surface area contributed by atoms with Crippen molar-refractivity contribution >= 4 is 17.2 Å². The zero-order chi connectivity index (χ0) is 18.1. The van der Waals surface area contributed by atoms with Crippen molar-refractivity contribution < 1.29 is 4.79 Å². The second-order valence-electron chi connectivity index (χ2n) is 7.57. The lowest BCUT2D eigenvalue weighted by Crippen LogP contribution is -2.36. The lowest BCUT2D eigenvalue weighted by Gasteiger charge is -2.33. The third kappa shape index (κ3) is 3.83. The van der Waals surface area contributed by atoms with Gasteiger partial charge in [0.1, 0.15) is 5.82 Å². The Hall–Kier alpha value is -1.73. The summed E-state index contributed by atoms with van der Waals surface area (Å²) in [5, 5.41) is 6.31. The number of nitrogens with one attached hydrogen (secondary N) is 1. The van der Waals surface area contributed by atoms with E-state index in [1.165, 1.54) is 19.3 Å². The van der Waals surface area contributed by atoms with Crippen molar-refractivity contribution in [1.29, 1.82) is 0 Å². The molecule has 1 saturated carbocycles. The number of nitrogens with zero attached hydrogens (tertiary/aromatic N) is 4. The summed E-state index contributed by atoms with van der Waals surface area (Å²) in [6.45, 7) is 7.81. The Balaban J connectivity index is 1.36. The van der Waals surface area contributed by atoms with Gasteiger partial charge in [0.15, 0.2) is 0 Å². The number of carbonyl (C=O) groups excluding carboxylic acids is 1. The Kier molecular flexibility index (Phi) is 5.09. The number of carbonyl (C=O) groups is 1. The third-order valence-electron chi connectivity index (χ3n) is 5.59. The molecule has 6 nitrogen and oxygen atoms in total. The monoisotopic (exact) mass is 373 g/mol. The molecule has 2 aliphatic rings. The topological polar surface area (TPSA) is 63.1 Å². The van der Waals surface area contributed by atoms with E-state index in [-0.39, 0.29) is 11.9 Å². The maximum absolute atomic E-state index is 12.2. The van der Waals surface area contributed by atoms with Gasteiger partial charge in [0.2, 0.25) is 5.91 Å². The SMILES string of the molecule is Cc1nc(CN2CCn3cc(CC(=O)NCC4CCC4)nc3[C@H]2C)cs1. The molecule has 0 aromatic carbocycles. The standard InChI is InChI=1S/C19H27N5OS/c1-13-19-22-16(8-18(25)20-9-15-4-3-5-15)10-24(19)7-6-23(13)11-17-12-26-14(2)21-17/h10,12-13,15H,3-9,11H2,1-2H3,(H,20,25)/t13-/m1/s1. The van der Waals surface area contributed by atoms with E-state index in [2.05, 4.69) is 38.3 Å². The van der Waals surface area contributed by atoms with E-state index in [4.69, 9.17) is 4.98 Å². The van der Waals surface area contributed by atoms with Crippen LogP contribution in [0.15, 0.2) is 11.6 Å². The quantitative estimate of drug-likeness (QED) is 0.846. The largest absolute Gasteiger partial charge is 0.355 e. The van der Waals surface area contributed by atoms with Crippen LogP contribution in [-0.4, -0.2) is 38.4 Å². The first-order chi connectivity index (χ1) is 12.6. The molecule has 0 bridgehead atoms. The van der Waals surface area contributed by atoms with Crippen LogP contribution < -0.4 is 5.32 Å². The Morgan fingerprint density at radius 2 is 2.15 bits per heavy atom. The van der Waals surface area contributed by atoms with Crippen LogP contribution in [0.1, 0.15) is 54.4 Å². The van der Waals surface area contributed by atoms with E-state index in [9.17, 15) is 4.79 Å². The van der Waals surface area contributed by atoms with Crippen molar-refractivity contribution in [2.24, 2.45) is 5.92 Å². The van der Waals surface area contributed by atoms with Gasteiger partial charge >= 0.3 is 0 Å². The number of aromatic nitrogens is 3. The zero-order valence-corrected chi connectivity index (χ0v) is 16.4. The van der Waals surface area contributed by atoms with Crippen molar-refractivity contribution in [3.63, 3.8) is 0 Å². The first-order valence-corrected chi connectivity index (χ1v) is 10.4. The molecule has 2 aromatic rings. The van der Waals surface area contributed by atoms with Gasteiger partial charge in [-0.3, -0.25) is 9.69 Å². The molecule has 0 radical (unpaired) electrons. The second-order valence-corrected chi connectivity index (χ2v) is 8.63. The fraction of sp³-hybridized carbons (Fsp3) is 0.632. The van der Waals surface area contributed by atoms with Gasteiger partial charge in [-0.05, 0) is 32.6 Å². The van der Waals surface area contributed by atoms with Gasteiger partial charge in [0.25, 0.3) is 0 Å². The van der Waals surface area contributed by atoms with Crippen LogP contribution in [0.25, 0.3) is 0 Å². The smallest absolute Gasteiger partial charge is 0.226 e. The summed E-state index contributed by atoms with van der Waals surface area (Å²) in [6.07, 6.45) is 6.25. The maximum atomic E-state index is 12.2. The fourth-order valence-corrected chi connectivity index (χ4v) is 4.37. The van der Waals surface area contributed by atoms with E-state index in [1.54, 1.807) is 11.3 Å². The maximum Gasteiger partial charge on any atom is 0.226 e. The lowest BCUT2D eigenvalue weighted by molar-refractivity contribution is -0.120. The van der Waals surface area contributed by atoms with Crippen LogP contribution in [0.2, 0.25) is 0 Å². The molecule has 0 unspecified atom stereocenters. The van der Waals surface area contributed by atoms with Gasteiger partial charge in [-0.15, -0.1) is 11.3 Å². The van der Waals surface area contributed by atoms with Crippen LogP contribution in [-0.2, 0) is 24.3 Å². The third-order valence-corrected chi connectivity index (χ3v) is 6.42. The summed E-state index contributed by atoms with van der Waals surface area (Å²) in [5.41, 5.74) is 2.01. The number of hydrogen-bond donors (Lipinski definition) is 1. The number of amides is 1. The number of aryl methyl sites for hydroxylation is 1. The normalized spacial score (nSPS) is 20.6. The Morgan fingerprint density at radius 1 is 1.31 bits per heavy atom. The molecule has 3 heterocycles. The van der Waals surface area contributed by atoms with E-state index in [0.717, 1.165) is 48.4 Å². The van der Waals surface area contributed by atoms with E-state index in [0.29, 0.717) is 12.3 Å². The van der Waals surface area contributed by atoms with Gasteiger partial charge in [-0.1, -0.05) is 6.42 Å². The predicted molar refractivity (Wildman–Crippen MR) is 102 cm³/mol. The summed E-state index contributed by atoms with van der Waals surface area (Å²) in [6, 6.07) is 0.234. The Bertz CT molecular complexity index is 779. The van der Waals surface area contributed by atoms with E-state index in [1.807, 2.05) is 6.92 Å². The number of hydrogen-bond acceptors (Lipinski definition) is 5. The predicted octanol–water partition coefficient (Wildman–Crippen LogP) is 2.68. The summed E-state index contributed by atoms with van der Waals surface area (Å²) in [4.78, 5) is 24.0. The minimum Gasteiger partial charge on any atom is -0.355 e. The van der Waals surface area contributed by atoms with Crippen LogP contribution in [0.3, 0.4) is 0 Å². The van der Waals surface area contributed by atoms with Crippen molar-refractivity contribution in [2.45, 2.75) is 58.7 Å². The highest BCUT2D eigenvalue weighted by Crippen LogP contribution is 2.27. The zero-order valence-electron chi connectivity index (χ0n) is 15.6. The highest BCUT2D eigenvalue weighted by atomic mass is 32.1. The minimum atomic E-state index is 0.0924. The molecular weight excluding hydrogens is 346 g/mol. The molecule has 1 aliphatic heterocycles. The molecule has 1 amide bonds. The van der Waals surface area contributed by atoms with Crippen LogP contribution in [0.5, 0.6) is 0 Å². The summed E-state index contributed by atoms with van der Waals surface area (Å²) in [7, 11) is 0. The average Bonchev–Trinajstić information content (AvgIpc) is 3.15. The molecule has 1 N–H and O–H groups in total. The summed E-state index contributed by atoms with van der Waals surface area (Å²) >= 11 is 1.70. The van der Waals surface area contributed by atoms with Crippen molar-refractivity contribution in [1.82, 2.24) is 24.8 Å². The number of fused-ring (bicyclic) bond motifs is 1. The average molecular weight is 374 g/mol. The van der Waals surface area contributed by atoms with Crippen LogP contribution >= 0.6 is 11.3 Å². The number of imidazole rings is 1. The first-order valence-electron chi connectivity index (χ1n) is 9.56. The lowest BCUT2D eigenvalue weighted by atomic mass is 9.85. The highest BCUT2D eigenvalue weighted by Gasteiger charge is 2.27. The van der Waals surface area contributed by atoms with Crippen molar-refractivity contribution in [2.75, 3.05) is 13.1 Å². The van der Waals surface area contributed by atoms with E-state index < -0.39 is 0 Å².